The number of rotatable bonds is 0. The van der Waals surface area contributed by atoms with Crippen LogP contribution in [0.2, 0.25) is 0 Å². The second-order valence-electron chi connectivity index (χ2n) is 4.47. The van der Waals surface area contributed by atoms with Crippen LogP contribution in [0.4, 0.5) is 0 Å². The van der Waals surface area contributed by atoms with Crippen molar-refractivity contribution in [3.63, 3.8) is 0 Å². The van der Waals surface area contributed by atoms with Gasteiger partial charge in [-0.2, -0.15) is 0 Å². The Morgan fingerprint density at radius 3 is 2.95 bits per heavy atom. The third-order valence-corrected chi connectivity index (χ3v) is 4.46. The molecule has 0 aromatic heterocycles. The SMILES string of the molecule is ClC1=C/C2=C3/C(=COCOC2C=C1)C=C(Cl)CC3Br. The Morgan fingerprint density at radius 1 is 1.26 bits per heavy atom. The van der Waals surface area contributed by atoms with Gasteiger partial charge in [0.05, 0.1) is 6.26 Å². The van der Waals surface area contributed by atoms with Crippen molar-refractivity contribution in [3.05, 3.63) is 57.4 Å². The summed E-state index contributed by atoms with van der Waals surface area (Å²) in [5.74, 6) is 0. The predicted octanol–water partition coefficient (Wildman–Crippen LogP) is 4.52. The summed E-state index contributed by atoms with van der Waals surface area (Å²) in [5, 5.41) is 1.50. The zero-order chi connectivity index (χ0) is 13.4. The molecule has 100 valence electrons. The Kier molecular flexibility index (Phi) is 3.90. The highest BCUT2D eigenvalue weighted by Crippen LogP contribution is 2.40. The molecule has 1 aliphatic heterocycles. The van der Waals surface area contributed by atoms with E-state index in [2.05, 4.69) is 15.9 Å². The minimum absolute atomic E-state index is 0.131. The lowest BCUT2D eigenvalue weighted by atomic mass is 9.87. The zero-order valence-electron chi connectivity index (χ0n) is 9.91. The molecule has 3 rings (SSSR count). The van der Waals surface area contributed by atoms with Crippen LogP contribution in [0.3, 0.4) is 0 Å². The molecule has 2 aliphatic carbocycles. The van der Waals surface area contributed by atoms with Crippen molar-refractivity contribution >= 4 is 39.1 Å². The van der Waals surface area contributed by atoms with Gasteiger partial charge in [-0.05, 0) is 41.9 Å². The van der Waals surface area contributed by atoms with Crippen molar-refractivity contribution < 1.29 is 9.47 Å². The molecule has 0 saturated carbocycles. The van der Waals surface area contributed by atoms with Gasteiger partial charge in [-0.3, -0.25) is 0 Å². The third kappa shape index (κ3) is 2.70. The van der Waals surface area contributed by atoms with Crippen molar-refractivity contribution in [2.24, 2.45) is 0 Å². The van der Waals surface area contributed by atoms with Crippen molar-refractivity contribution in [3.8, 4) is 0 Å². The van der Waals surface area contributed by atoms with E-state index in [-0.39, 0.29) is 17.7 Å². The Morgan fingerprint density at radius 2 is 2.11 bits per heavy atom. The maximum Gasteiger partial charge on any atom is 0.189 e. The van der Waals surface area contributed by atoms with Gasteiger partial charge in [0, 0.05) is 20.5 Å². The molecule has 0 saturated heterocycles. The summed E-state index contributed by atoms with van der Waals surface area (Å²) >= 11 is 16.0. The van der Waals surface area contributed by atoms with Crippen LogP contribution in [0.1, 0.15) is 6.42 Å². The average Bonchev–Trinajstić information content (AvgIpc) is 2.33. The highest BCUT2D eigenvalue weighted by molar-refractivity contribution is 9.09. The van der Waals surface area contributed by atoms with Gasteiger partial charge in [-0.1, -0.05) is 39.1 Å². The lowest BCUT2D eigenvalue weighted by molar-refractivity contribution is -0.0281. The molecule has 2 nitrogen and oxygen atoms in total. The van der Waals surface area contributed by atoms with E-state index in [0.717, 1.165) is 28.2 Å². The molecular weight excluding hydrogens is 351 g/mol. The van der Waals surface area contributed by atoms with Gasteiger partial charge in [-0.15, -0.1) is 0 Å². The summed E-state index contributed by atoms with van der Waals surface area (Å²) in [6.07, 6.45) is 9.97. The van der Waals surface area contributed by atoms with Gasteiger partial charge >= 0.3 is 0 Å². The minimum Gasteiger partial charge on any atom is -0.474 e. The zero-order valence-corrected chi connectivity index (χ0v) is 13.0. The van der Waals surface area contributed by atoms with Gasteiger partial charge in [0.2, 0.25) is 0 Å². The fraction of sp³-hybridized carbons (Fsp3) is 0.286. The van der Waals surface area contributed by atoms with Crippen LogP contribution >= 0.6 is 39.1 Å². The van der Waals surface area contributed by atoms with Crippen molar-refractivity contribution in [1.29, 1.82) is 0 Å². The van der Waals surface area contributed by atoms with E-state index in [0.29, 0.717) is 5.03 Å². The number of ether oxygens (including phenoxy) is 2. The fourth-order valence-corrected chi connectivity index (χ4v) is 3.91. The quantitative estimate of drug-likeness (QED) is 0.590. The van der Waals surface area contributed by atoms with Crippen LogP contribution in [-0.2, 0) is 9.47 Å². The standard InChI is InChI=1S/C14H11BrCl2O2/c15-12-5-10(17)3-8-6-18-7-19-13-2-1-9(16)4-11(13)14(8)12/h1-4,6,12-13H,5,7H2/b8-6?,14-11+. The summed E-state index contributed by atoms with van der Waals surface area (Å²) in [6, 6.07) is 0. The maximum atomic E-state index is 6.15. The van der Waals surface area contributed by atoms with Gasteiger partial charge in [0.15, 0.2) is 6.79 Å². The average molecular weight is 362 g/mol. The summed E-state index contributed by atoms with van der Waals surface area (Å²) in [4.78, 5) is 0.131. The van der Waals surface area contributed by atoms with Gasteiger partial charge in [0.1, 0.15) is 6.10 Å². The van der Waals surface area contributed by atoms with E-state index < -0.39 is 0 Å². The highest BCUT2D eigenvalue weighted by atomic mass is 79.9. The monoisotopic (exact) mass is 360 g/mol. The molecule has 19 heavy (non-hydrogen) atoms. The molecule has 0 radical (unpaired) electrons. The number of hydrogen-bond donors (Lipinski definition) is 0. The number of allylic oxidation sites excluding steroid dienone is 6. The number of fused-ring (bicyclic) bond motifs is 2. The molecule has 2 atom stereocenters. The van der Waals surface area contributed by atoms with E-state index in [1.54, 1.807) is 6.26 Å². The van der Waals surface area contributed by atoms with E-state index >= 15 is 0 Å². The Hall–Kier alpha value is -0.480. The maximum absolute atomic E-state index is 6.15. The van der Waals surface area contributed by atoms with Gasteiger partial charge in [0.25, 0.3) is 0 Å². The molecule has 0 fully saturated rings. The molecule has 0 aromatic carbocycles. The number of halogens is 3. The first-order chi connectivity index (χ1) is 9.15. The van der Waals surface area contributed by atoms with Crippen LogP contribution < -0.4 is 0 Å². The third-order valence-electron chi connectivity index (χ3n) is 3.18. The lowest BCUT2D eigenvalue weighted by Crippen LogP contribution is -2.24. The van der Waals surface area contributed by atoms with Crippen LogP contribution in [-0.4, -0.2) is 17.7 Å². The Bertz CT molecular complexity index is 558. The highest BCUT2D eigenvalue weighted by Gasteiger charge is 2.29. The summed E-state index contributed by atoms with van der Waals surface area (Å²) in [5.41, 5.74) is 3.15. The van der Waals surface area contributed by atoms with Gasteiger partial charge < -0.3 is 9.47 Å². The molecule has 5 heteroatoms. The van der Waals surface area contributed by atoms with Crippen molar-refractivity contribution in [2.75, 3.05) is 6.79 Å². The van der Waals surface area contributed by atoms with Gasteiger partial charge in [-0.25, -0.2) is 0 Å². The van der Waals surface area contributed by atoms with Crippen LogP contribution in [0.25, 0.3) is 0 Å². The summed E-state index contributed by atoms with van der Waals surface area (Å²) in [6.45, 7) is 0.207. The molecule has 0 N–H and O–H groups in total. The van der Waals surface area contributed by atoms with Crippen LogP contribution in [0, 0.1) is 0 Å². The van der Waals surface area contributed by atoms with Crippen molar-refractivity contribution in [1.82, 2.24) is 0 Å². The smallest absolute Gasteiger partial charge is 0.189 e. The first-order valence-corrected chi connectivity index (χ1v) is 7.55. The number of hydrogen-bond acceptors (Lipinski definition) is 2. The molecule has 1 heterocycles. The second kappa shape index (κ2) is 5.49. The fourth-order valence-electron chi connectivity index (χ4n) is 2.38. The van der Waals surface area contributed by atoms with Crippen molar-refractivity contribution in [2.45, 2.75) is 17.4 Å². The predicted molar refractivity (Wildman–Crippen MR) is 80.3 cm³/mol. The lowest BCUT2D eigenvalue weighted by Gasteiger charge is -2.29. The summed E-state index contributed by atoms with van der Waals surface area (Å²) < 4.78 is 11.1. The molecular formula is C14H11BrCl2O2. The van der Waals surface area contributed by atoms with Crippen LogP contribution in [0.15, 0.2) is 57.4 Å². The molecule has 0 spiro atoms. The van der Waals surface area contributed by atoms with E-state index in [1.165, 1.54) is 0 Å². The van der Waals surface area contributed by atoms with E-state index in [4.69, 9.17) is 32.7 Å². The Labute approximate surface area is 130 Å². The molecule has 2 unspecified atom stereocenters. The second-order valence-corrected chi connectivity index (χ2v) is 6.49. The molecule has 3 aliphatic rings. The molecule has 0 aromatic rings. The first-order valence-electron chi connectivity index (χ1n) is 5.88. The van der Waals surface area contributed by atoms with Crippen LogP contribution in [0.5, 0.6) is 0 Å². The largest absolute Gasteiger partial charge is 0.474 e. The van der Waals surface area contributed by atoms with E-state index in [9.17, 15) is 0 Å². The number of alkyl halides is 1. The minimum atomic E-state index is -0.133. The Balaban J connectivity index is 2.17. The molecule has 0 bridgehead atoms. The topological polar surface area (TPSA) is 18.5 Å². The molecule has 0 amide bonds. The summed E-state index contributed by atoms with van der Waals surface area (Å²) in [7, 11) is 0. The van der Waals surface area contributed by atoms with E-state index in [1.807, 2.05) is 24.3 Å². The first kappa shape index (κ1) is 13.5. The normalized spacial score (nSPS) is 33.9.